The smallest absolute Gasteiger partial charge is 0.258 e. The first-order chi connectivity index (χ1) is 19.1. The standard InChI is InChI=1S/C31H40F3N3O3/c1-20-23(11-7-12-25(20)32)27-24(28(39)21-9-6-10-22(38)17-21)18-35-19-31(27,14-4-5-15-36(2)3)30(40)37-16-8-13-26(37)29(33)34/h6-7,9-12,17,24,26-27,29,35,38H,4-5,8,13-16,18-19H2,1-3H3/t24-,26+,27-,31+/m0/s1. The Hall–Kier alpha value is -2.91. The van der Waals surface area contributed by atoms with Gasteiger partial charge in [0.2, 0.25) is 5.91 Å². The number of hydrogen-bond acceptors (Lipinski definition) is 5. The van der Waals surface area contributed by atoms with Crippen LogP contribution in [0.2, 0.25) is 0 Å². The lowest BCUT2D eigenvalue weighted by molar-refractivity contribution is -0.150. The highest BCUT2D eigenvalue weighted by molar-refractivity contribution is 6.00. The average molecular weight is 560 g/mol. The van der Waals surface area contributed by atoms with Crippen molar-refractivity contribution in [3.63, 3.8) is 0 Å². The van der Waals surface area contributed by atoms with E-state index in [0.29, 0.717) is 30.4 Å². The van der Waals surface area contributed by atoms with Gasteiger partial charge in [0.25, 0.3) is 6.43 Å². The Labute approximate surface area is 234 Å². The molecule has 2 saturated heterocycles. The minimum atomic E-state index is -2.67. The van der Waals surface area contributed by atoms with E-state index < -0.39 is 41.4 Å². The molecule has 0 saturated carbocycles. The van der Waals surface area contributed by atoms with Crippen molar-refractivity contribution in [1.82, 2.24) is 15.1 Å². The number of nitrogens with zero attached hydrogens (tertiary/aromatic N) is 2. The second-order valence-electron chi connectivity index (χ2n) is 11.5. The van der Waals surface area contributed by atoms with E-state index in [0.717, 1.165) is 13.0 Å². The lowest BCUT2D eigenvalue weighted by Gasteiger charge is -2.50. The summed E-state index contributed by atoms with van der Waals surface area (Å²) in [6.07, 6.45) is -0.184. The van der Waals surface area contributed by atoms with Crippen molar-refractivity contribution in [3.05, 3.63) is 65.0 Å². The van der Waals surface area contributed by atoms with Crippen LogP contribution in [-0.2, 0) is 4.79 Å². The molecule has 2 aromatic carbocycles. The van der Waals surface area contributed by atoms with Gasteiger partial charge in [0.1, 0.15) is 11.6 Å². The number of alkyl halides is 2. The molecule has 2 fully saturated rings. The number of piperidine rings is 1. The Morgan fingerprint density at radius 1 is 1.18 bits per heavy atom. The number of amides is 1. The highest BCUT2D eigenvalue weighted by Crippen LogP contribution is 2.51. The fourth-order valence-corrected chi connectivity index (χ4v) is 6.68. The molecule has 0 radical (unpaired) electrons. The van der Waals surface area contributed by atoms with Gasteiger partial charge in [-0.1, -0.05) is 30.7 Å². The van der Waals surface area contributed by atoms with Crippen LogP contribution in [0.3, 0.4) is 0 Å². The number of unbranched alkanes of at least 4 members (excludes halogenated alkanes) is 1. The third-order valence-electron chi connectivity index (χ3n) is 8.67. The first-order valence-electron chi connectivity index (χ1n) is 14.1. The van der Waals surface area contributed by atoms with E-state index in [1.54, 1.807) is 31.2 Å². The van der Waals surface area contributed by atoms with Crippen LogP contribution < -0.4 is 5.32 Å². The SMILES string of the molecule is Cc1c(F)cccc1[C@H]1[C@@H](C(=O)c2cccc(O)c2)CNC[C@@]1(CCCCN(C)C)C(=O)N1CCC[C@@H]1C(F)F. The van der Waals surface area contributed by atoms with E-state index >= 15 is 4.39 Å². The largest absolute Gasteiger partial charge is 0.508 e. The van der Waals surface area contributed by atoms with E-state index in [1.807, 2.05) is 19.0 Å². The van der Waals surface area contributed by atoms with Crippen LogP contribution in [0.25, 0.3) is 0 Å². The first kappa shape index (κ1) is 30.1. The van der Waals surface area contributed by atoms with Crippen molar-refractivity contribution in [2.75, 3.05) is 40.3 Å². The molecule has 6 nitrogen and oxygen atoms in total. The molecule has 0 aliphatic carbocycles. The Kier molecular flexibility index (Phi) is 9.56. The topological polar surface area (TPSA) is 72.9 Å². The predicted molar refractivity (Wildman–Crippen MR) is 148 cm³/mol. The van der Waals surface area contributed by atoms with E-state index in [1.165, 1.54) is 23.1 Å². The summed E-state index contributed by atoms with van der Waals surface area (Å²) in [6.45, 7) is 3.09. The number of hydrogen-bond donors (Lipinski definition) is 2. The maximum atomic E-state index is 15.0. The van der Waals surface area contributed by atoms with Gasteiger partial charge >= 0.3 is 0 Å². The van der Waals surface area contributed by atoms with Crippen molar-refractivity contribution in [2.24, 2.45) is 11.3 Å². The number of phenols is 1. The van der Waals surface area contributed by atoms with Gasteiger partial charge in [-0.25, -0.2) is 13.2 Å². The van der Waals surface area contributed by atoms with Crippen molar-refractivity contribution in [2.45, 2.75) is 57.4 Å². The lowest BCUT2D eigenvalue weighted by Crippen LogP contribution is -2.61. The first-order valence-corrected chi connectivity index (χ1v) is 14.1. The van der Waals surface area contributed by atoms with Gasteiger partial charge in [0.15, 0.2) is 5.78 Å². The maximum Gasteiger partial charge on any atom is 0.258 e. The second-order valence-corrected chi connectivity index (χ2v) is 11.5. The summed E-state index contributed by atoms with van der Waals surface area (Å²) in [4.78, 5) is 32.0. The van der Waals surface area contributed by atoms with Crippen molar-refractivity contribution in [3.8, 4) is 5.75 Å². The third-order valence-corrected chi connectivity index (χ3v) is 8.67. The number of carbonyl (C=O) groups is 2. The molecule has 2 N–H and O–H groups in total. The van der Waals surface area contributed by atoms with E-state index in [-0.39, 0.29) is 43.2 Å². The zero-order valence-corrected chi connectivity index (χ0v) is 23.5. The monoisotopic (exact) mass is 559 g/mol. The Morgan fingerprint density at radius 2 is 1.93 bits per heavy atom. The highest BCUT2D eigenvalue weighted by Gasteiger charge is 2.56. The quantitative estimate of drug-likeness (QED) is 0.317. The zero-order chi connectivity index (χ0) is 29.0. The molecule has 4 atom stereocenters. The summed E-state index contributed by atoms with van der Waals surface area (Å²) in [7, 11) is 3.92. The molecule has 0 bridgehead atoms. The molecule has 0 unspecified atom stereocenters. The van der Waals surface area contributed by atoms with Gasteiger partial charge in [0, 0.05) is 37.0 Å². The highest BCUT2D eigenvalue weighted by atomic mass is 19.3. The number of Topliss-reactive ketones (excluding diaryl/α,β-unsaturated/α-hetero) is 1. The molecule has 4 rings (SSSR count). The Morgan fingerprint density at radius 3 is 2.62 bits per heavy atom. The molecule has 2 aliphatic heterocycles. The molecule has 2 heterocycles. The number of halogens is 3. The molecule has 9 heteroatoms. The summed E-state index contributed by atoms with van der Waals surface area (Å²) in [5.41, 5.74) is -0.0555. The van der Waals surface area contributed by atoms with E-state index in [2.05, 4.69) is 5.32 Å². The Bertz CT molecular complexity index is 1210. The fraction of sp³-hybridized carbons (Fsp3) is 0.548. The van der Waals surface area contributed by atoms with Gasteiger partial charge in [-0.2, -0.15) is 0 Å². The number of phenolic OH excluding ortho intramolecular Hbond substituents is 1. The van der Waals surface area contributed by atoms with Crippen LogP contribution in [-0.4, -0.2) is 79.3 Å². The van der Waals surface area contributed by atoms with Crippen molar-refractivity contribution < 1.29 is 27.9 Å². The summed E-state index contributed by atoms with van der Waals surface area (Å²) >= 11 is 0. The zero-order valence-electron chi connectivity index (χ0n) is 23.5. The summed E-state index contributed by atoms with van der Waals surface area (Å²) in [6, 6.07) is 9.56. The number of ketones is 1. The molecule has 0 aromatic heterocycles. The maximum absolute atomic E-state index is 15.0. The number of aromatic hydroxyl groups is 1. The average Bonchev–Trinajstić information content (AvgIpc) is 3.42. The number of rotatable bonds is 10. The molecular weight excluding hydrogens is 519 g/mol. The predicted octanol–water partition coefficient (Wildman–Crippen LogP) is 5.00. The van der Waals surface area contributed by atoms with Crippen molar-refractivity contribution in [1.29, 1.82) is 0 Å². The molecular formula is C31H40F3N3O3. The number of carbonyl (C=O) groups excluding carboxylic acids is 2. The second kappa shape index (κ2) is 12.7. The van der Waals surface area contributed by atoms with Crippen LogP contribution in [0, 0.1) is 24.1 Å². The van der Waals surface area contributed by atoms with Crippen LogP contribution in [0.4, 0.5) is 13.2 Å². The number of nitrogens with one attached hydrogen (secondary N) is 1. The van der Waals surface area contributed by atoms with Gasteiger partial charge in [-0.15, -0.1) is 0 Å². The summed E-state index contributed by atoms with van der Waals surface area (Å²) in [5, 5.41) is 13.4. The van der Waals surface area contributed by atoms with Crippen LogP contribution in [0.5, 0.6) is 5.75 Å². The van der Waals surface area contributed by atoms with Gasteiger partial charge in [-0.3, -0.25) is 9.59 Å². The third kappa shape index (κ3) is 6.05. The minimum absolute atomic E-state index is 0.0593. The molecule has 40 heavy (non-hydrogen) atoms. The fourth-order valence-electron chi connectivity index (χ4n) is 6.68. The normalized spacial score (nSPS) is 25.1. The summed E-state index contributed by atoms with van der Waals surface area (Å²) in [5.74, 6) is -2.70. The molecule has 1 amide bonds. The van der Waals surface area contributed by atoms with Crippen LogP contribution in [0.1, 0.15) is 59.5 Å². The van der Waals surface area contributed by atoms with E-state index in [9.17, 15) is 23.5 Å². The van der Waals surface area contributed by atoms with Crippen LogP contribution in [0.15, 0.2) is 42.5 Å². The van der Waals surface area contributed by atoms with Crippen LogP contribution >= 0.6 is 0 Å². The molecule has 218 valence electrons. The lowest BCUT2D eigenvalue weighted by atomic mass is 9.59. The van der Waals surface area contributed by atoms with Gasteiger partial charge in [-0.05, 0) is 82.6 Å². The minimum Gasteiger partial charge on any atom is -0.508 e. The van der Waals surface area contributed by atoms with Crippen molar-refractivity contribution >= 4 is 11.7 Å². The van der Waals surface area contributed by atoms with E-state index in [4.69, 9.17) is 0 Å². The molecule has 2 aromatic rings. The molecule has 0 spiro atoms. The van der Waals surface area contributed by atoms with Gasteiger partial charge in [0.05, 0.1) is 11.5 Å². The number of benzene rings is 2. The summed E-state index contributed by atoms with van der Waals surface area (Å²) < 4.78 is 43.2. The van der Waals surface area contributed by atoms with Gasteiger partial charge < -0.3 is 20.2 Å². The number of likely N-dealkylation sites (tertiary alicyclic amines) is 1. The Balaban J connectivity index is 1.87. The molecule has 2 aliphatic rings.